The van der Waals surface area contributed by atoms with Crippen molar-refractivity contribution in [2.45, 2.75) is 245 Å². The maximum absolute atomic E-state index is 13.6. The predicted octanol–water partition coefficient (Wildman–Crippen LogP) is 5.87. The van der Waals surface area contributed by atoms with E-state index in [1.807, 2.05) is 13.8 Å². The fourth-order valence-corrected chi connectivity index (χ4v) is 6.78. The Kier molecular flexibility index (Phi) is 34.7. The van der Waals surface area contributed by atoms with Crippen molar-refractivity contribution in [3.05, 3.63) is 0 Å². The molecule has 8 atom stereocenters. The monoisotopic (exact) mass is 863 g/mol. The molecule has 0 saturated carbocycles. The number of nitrogens with one attached hydrogen (secondary N) is 2. The topological polar surface area (TPSA) is 230 Å². The van der Waals surface area contributed by atoms with Gasteiger partial charge in [0.25, 0.3) is 0 Å². The quantitative estimate of drug-likeness (QED) is 0.0218. The van der Waals surface area contributed by atoms with E-state index in [-0.39, 0.29) is 31.8 Å². The fourth-order valence-electron chi connectivity index (χ4n) is 6.78. The molecule has 15 heteroatoms. The number of aliphatic hydroxyl groups excluding tert-OH is 4. The van der Waals surface area contributed by atoms with E-state index in [0.29, 0.717) is 44.9 Å². The van der Waals surface area contributed by atoms with Gasteiger partial charge >= 0.3 is 11.9 Å². The highest BCUT2D eigenvalue weighted by molar-refractivity contribution is 5.88. The summed E-state index contributed by atoms with van der Waals surface area (Å²) in [5.41, 5.74) is 0. The van der Waals surface area contributed by atoms with Crippen LogP contribution in [0, 0.1) is 5.92 Å². The molecule has 0 bridgehead atoms. The molecular formula is C45H86N2O13. The lowest BCUT2D eigenvalue weighted by molar-refractivity contribution is -0.289. The first-order valence-corrected chi connectivity index (χ1v) is 23.2. The first-order valence-electron chi connectivity index (χ1n) is 23.2. The molecule has 0 fully saturated rings. The summed E-state index contributed by atoms with van der Waals surface area (Å²) < 4.78 is 23.3. The summed E-state index contributed by atoms with van der Waals surface area (Å²) in [5.74, 6) is -2.29. The van der Waals surface area contributed by atoms with Gasteiger partial charge in [0.05, 0.1) is 56.8 Å². The highest BCUT2D eigenvalue weighted by Crippen LogP contribution is 2.21. The molecule has 0 aliphatic rings. The van der Waals surface area contributed by atoms with Gasteiger partial charge in [-0.15, -0.1) is 0 Å². The van der Waals surface area contributed by atoms with Gasteiger partial charge in [0.2, 0.25) is 24.4 Å². The van der Waals surface area contributed by atoms with E-state index in [9.17, 15) is 44.7 Å². The van der Waals surface area contributed by atoms with Crippen LogP contribution in [0.3, 0.4) is 0 Å². The highest BCUT2D eigenvalue weighted by atomic mass is 16.7. The van der Waals surface area contributed by atoms with Gasteiger partial charge < -0.3 is 55.1 Å². The van der Waals surface area contributed by atoms with E-state index in [2.05, 4.69) is 31.4 Å². The molecule has 0 heterocycles. The van der Waals surface area contributed by atoms with Crippen LogP contribution in [0.25, 0.3) is 0 Å². The van der Waals surface area contributed by atoms with E-state index in [1.165, 1.54) is 6.92 Å². The normalized spacial score (nSPS) is 15.8. The minimum atomic E-state index is -2.03. The Hall–Kier alpha value is -2.40. The van der Waals surface area contributed by atoms with Gasteiger partial charge in [-0.3, -0.25) is 19.2 Å². The van der Waals surface area contributed by atoms with Crippen molar-refractivity contribution in [3.63, 3.8) is 0 Å². The Balaban J connectivity index is 6.00. The third-order valence-corrected chi connectivity index (χ3v) is 10.4. The van der Waals surface area contributed by atoms with E-state index in [4.69, 9.17) is 18.9 Å². The fraction of sp³-hybridized carbons (Fsp3) is 0.911. The second-order valence-electron chi connectivity index (χ2n) is 16.9. The highest BCUT2D eigenvalue weighted by Gasteiger charge is 2.30. The van der Waals surface area contributed by atoms with Gasteiger partial charge in [-0.1, -0.05) is 118 Å². The lowest BCUT2D eigenvalue weighted by Crippen LogP contribution is -2.52. The molecule has 354 valence electrons. The maximum atomic E-state index is 13.6. The van der Waals surface area contributed by atoms with Crippen LogP contribution in [0.15, 0.2) is 0 Å². The molecule has 0 aliphatic carbocycles. The Morgan fingerprint density at radius 2 is 1.00 bits per heavy atom. The number of hydrogen-bond acceptors (Lipinski definition) is 13. The zero-order chi connectivity index (χ0) is 45.3. The second-order valence-corrected chi connectivity index (χ2v) is 16.9. The maximum Gasteiger partial charge on any atom is 0.309 e. The molecule has 60 heavy (non-hydrogen) atoms. The molecule has 0 aromatic carbocycles. The molecule has 15 nitrogen and oxygen atoms in total. The van der Waals surface area contributed by atoms with Crippen molar-refractivity contribution < 1.29 is 63.7 Å². The average Bonchev–Trinajstić information content (AvgIpc) is 3.18. The number of rotatable bonds is 39. The SMILES string of the molecule is CCCCCCCC(CC(=O)NC(CO)C(=O)NC(CO)CC(C)C)OC(=O)CC(CCCCCCC)OC(=O)CC(CCCCCCC)OC(OC(C)C(C)O)C(O)O. The molecule has 0 aliphatic heterocycles. The zero-order valence-corrected chi connectivity index (χ0v) is 38.2. The van der Waals surface area contributed by atoms with Crippen LogP contribution in [0.5, 0.6) is 0 Å². The minimum absolute atomic E-state index is 0.197. The summed E-state index contributed by atoms with van der Waals surface area (Å²) >= 11 is 0. The zero-order valence-electron chi connectivity index (χ0n) is 38.2. The van der Waals surface area contributed by atoms with Crippen LogP contribution in [-0.2, 0) is 38.1 Å². The lowest BCUT2D eigenvalue weighted by Gasteiger charge is -2.29. The number of carbonyl (C=O) groups excluding carboxylic acids is 4. The van der Waals surface area contributed by atoms with Gasteiger partial charge in [0, 0.05) is 0 Å². The third kappa shape index (κ3) is 29.8. The van der Waals surface area contributed by atoms with Crippen molar-refractivity contribution in [1.82, 2.24) is 10.6 Å². The van der Waals surface area contributed by atoms with Gasteiger partial charge in [-0.05, 0) is 58.3 Å². The molecule has 0 saturated heterocycles. The number of aliphatic hydroxyl groups is 5. The smallest absolute Gasteiger partial charge is 0.309 e. The largest absolute Gasteiger partial charge is 0.462 e. The van der Waals surface area contributed by atoms with Crippen LogP contribution < -0.4 is 10.6 Å². The van der Waals surface area contributed by atoms with Crippen LogP contribution in [0.1, 0.15) is 190 Å². The number of esters is 2. The van der Waals surface area contributed by atoms with Crippen molar-refractivity contribution >= 4 is 23.8 Å². The summed E-state index contributed by atoms with van der Waals surface area (Å²) in [6, 6.07) is -1.80. The summed E-state index contributed by atoms with van der Waals surface area (Å²) in [7, 11) is 0. The van der Waals surface area contributed by atoms with Crippen LogP contribution in [0.4, 0.5) is 0 Å². The van der Waals surface area contributed by atoms with E-state index in [0.717, 1.165) is 77.0 Å². The average molecular weight is 863 g/mol. The summed E-state index contributed by atoms with van der Waals surface area (Å²) in [4.78, 5) is 53.2. The first kappa shape index (κ1) is 57.6. The summed E-state index contributed by atoms with van der Waals surface area (Å²) in [6.07, 6.45) is 7.36. The molecule has 8 unspecified atom stereocenters. The number of hydrogen-bond donors (Lipinski definition) is 7. The van der Waals surface area contributed by atoms with Crippen molar-refractivity contribution in [2.75, 3.05) is 13.2 Å². The standard InChI is InChI=1S/C45H86N2O13/c1-8-11-14-17-20-23-36(27-40(51)47-39(31-49)43(54)46-35(30-48)26-32(4)5)58-41(52)28-37(24-21-18-15-12-9-2)59-42(53)29-38(25-22-19-16-13-10-3)60-45(44(55)56)57-34(7)33(6)50/h32-39,44-45,48-50,55-56H,8-31H2,1-7H3,(H,46,54)(H,47,51). The first-order chi connectivity index (χ1) is 28.6. The van der Waals surface area contributed by atoms with Gasteiger partial charge in [-0.25, -0.2) is 0 Å². The van der Waals surface area contributed by atoms with E-state index in [1.54, 1.807) is 6.92 Å². The number of amides is 2. The summed E-state index contributed by atoms with van der Waals surface area (Å²) in [5, 5.41) is 54.9. The molecular weight excluding hydrogens is 776 g/mol. The van der Waals surface area contributed by atoms with Crippen LogP contribution >= 0.6 is 0 Å². The van der Waals surface area contributed by atoms with Gasteiger partial charge in [0.15, 0.2) is 0 Å². The number of carbonyl (C=O) groups is 4. The molecule has 0 radical (unpaired) electrons. The Labute approximate surface area is 361 Å². The molecule has 7 N–H and O–H groups in total. The molecule has 0 aromatic heterocycles. The van der Waals surface area contributed by atoms with Gasteiger partial charge in [-0.2, -0.15) is 0 Å². The van der Waals surface area contributed by atoms with E-state index < -0.39 is 85.5 Å². The van der Waals surface area contributed by atoms with Crippen molar-refractivity contribution in [2.24, 2.45) is 5.92 Å². The predicted molar refractivity (Wildman–Crippen MR) is 230 cm³/mol. The minimum Gasteiger partial charge on any atom is -0.462 e. The van der Waals surface area contributed by atoms with Crippen LogP contribution in [0.2, 0.25) is 0 Å². The van der Waals surface area contributed by atoms with Crippen LogP contribution in [-0.4, -0.2) is 118 Å². The third-order valence-electron chi connectivity index (χ3n) is 10.4. The molecule has 0 rings (SSSR count). The molecule has 0 aromatic rings. The number of ether oxygens (including phenoxy) is 4. The Morgan fingerprint density at radius 3 is 1.42 bits per heavy atom. The molecule has 2 amide bonds. The second kappa shape index (κ2) is 36.1. The van der Waals surface area contributed by atoms with Gasteiger partial charge in [0.1, 0.15) is 18.2 Å². The Bertz CT molecular complexity index is 1110. The van der Waals surface area contributed by atoms with Crippen molar-refractivity contribution in [3.8, 4) is 0 Å². The van der Waals surface area contributed by atoms with E-state index >= 15 is 0 Å². The Morgan fingerprint density at radius 1 is 0.550 bits per heavy atom. The number of unbranched alkanes of at least 4 members (excludes halogenated alkanes) is 12. The lowest BCUT2D eigenvalue weighted by atomic mass is 10.0. The molecule has 0 spiro atoms. The van der Waals surface area contributed by atoms with Crippen molar-refractivity contribution in [1.29, 1.82) is 0 Å². The summed E-state index contributed by atoms with van der Waals surface area (Å²) in [6.45, 7) is 12.3.